The summed E-state index contributed by atoms with van der Waals surface area (Å²) in [6, 6.07) is 0.241. The number of allylic oxidation sites excluding steroid dienone is 1. The summed E-state index contributed by atoms with van der Waals surface area (Å²) in [6.45, 7) is 7.47. The third-order valence-electron chi connectivity index (χ3n) is 3.47. The summed E-state index contributed by atoms with van der Waals surface area (Å²) in [4.78, 5) is 26.4. The summed E-state index contributed by atoms with van der Waals surface area (Å²) in [5.41, 5.74) is 0.572. The molecule has 0 saturated carbocycles. The van der Waals surface area contributed by atoms with Crippen molar-refractivity contribution >= 4 is 17.1 Å². The van der Waals surface area contributed by atoms with Gasteiger partial charge in [-0.2, -0.15) is 9.97 Å². The molecule has 1 saturated heterocycles. The van der Waals surface area contributed by atoms with E-state index in [1.54, 1.807) is 6.08 Å². The van der Waals surface area contributed by atoms with E-state index in [0.29, 0.717) is 23.7 Å². The lowest BCUT2D eigenvalue weighted by molar-refractivity contribution is 0.354. The fourth-order valence-electron chi connectivity index (χ4n) is 2.43. The lowest BCUT2D eigenvalue weighted by atomic mass is 10.4. The van der Waals surface area contributed by atoms with Gasteiger partial charge in [-0.15, -0.1) is 6.58 Å². The van der Waals surface area contributed by atoms with Gasteiger partial charge in [-0.05, 0) is 0 Å². The van der Waals surface area contributed by atoms with Gasteiger partial charge in [0, 0.05) is 32.7 Å². The highest BCUT2D eigenvalue weighted by molar-refractivity contribution is 5.73. The maximum absolute atomic E-state index is 12.5. The largest absolute Gasteiger partial charge is 0.468 e. The van der Waals surface area contributed by atoms with Crippen molar-refractivity contribution in [3.63, 3.8) is 0 Å². The minimum absolute atomic E-state index is 0.203. The molecule has 8 heteroatoms. The number of ether oxygens (including phenoxy) is 1. The predicted molar refractivity (Wildman–Crippen MR) is 80.0 cm³/mol. The average Bonchev–Trinajstić information content (AvgIpc) is 2.95. The molecular formula is C13H18N6O2. The zero-order chi connectivity index (χ0) is 14.8. The van der Waals surface area contributed by atoms with Gasteiger partial charge in [0.25, 0.3) is 5.56 Å². The smallest absolute Gasteiger partial charge is 0.301 e. The molecule has 0 atom stereocenters. The quantitative estimate of drug-likeness (QED) is 0.753. The molecule has 0 unspecified atom stereocenters. The van der Waals surface area contributed by atoms with E-state index in [0.717, 1.165) is 26.2 Å². The van der Waals surface area contributed by atoms with Gasteiger partial charge in [-0.1, -0.05) is 6.08 Å². The zero-order valence-electron chi connectivity index (χ0n) is 11.9. The summed E-state index contributed by atoms with van der Waals surface area (Å²) in [5.74, 6) is 0.675. The molecule has 0 spiro atoms. The zero-order valence-corrected chi connectivity index (χ0v) is 11.9. The van der Waals surface area contributed by atoms with Crippen LogP contribution in [0.5, 0.6) is 6.01 Å². The number of nitrogens with one attached hydrogen (secondary N) is 2. The number of H-pyrrole nitrogens is 1. The molecule has 1 aliphatic heterocycles. The SMILES string of the molecule is C=CCn1c(OC)nc2nc(N3CCNCC3)[nH]c2c1=O. The number of methoxy groups -OCH3 is 1. The number of hydrogen-bond acceptors (Lipinski definition) is 6. The van der Waals surface area contributed by atoms with Gasteiger partial charge in [-0.25, -0.2) is 0 Å². The summed E-state index contributed by atoms with van der Waals surface area (Å²) < 4.78 is 6.59. The van der Waals surface area contributed by atoms with E-state index >= 15 is 0 Å². The lowest BCUT2D eigenvalue weighted by Gasteiger charge is -2.26. The van der Waals surface area contributed by atoms with Crippen LogP contribution in [0.25, 0.3) is 11.2 Å². The van der Waals surface area contributed by atoms with Crippen LogP contribution in [0.3, 0.4) is 0 Å². The first-order valence-corrected chi connectivity index (χ1v) is 6.85. The monoisotopic (exact) mass is 290 g/mol. The average molecular weight is 290 g/mol. The van der Waals surface area contributed by atoms with Crippen LogP contribution < -0.4 is 20.5 Å². The molecule has 0 bridgehead atoms. The van der Waals surface area contributed by atoms with Gasteiger partial charge in [0.1, 0.15) is 0 Å². The molecule has 0 aliphatic carbocycles. The first-order chi connectivity index (χ1) is 10.2. The van der Waals surface area contributed by atoms with Gasteiger partial charge < -0.3 is 19.9 Å². The first kappa shape index (κ1) is 13.6. The first-order valence-electron chi connectivity index (χ1n) is 6.85. The van der Waals surface area contributed by atoms with Crippen LogP contribution in [-0.2, 0) is 6.54 Å². The second kappa shape index (κ2) is 5.57. The topological polar surface area (TPSA) is 88.1 Å². The Morgan fingerprint density at radius 1 is 1.38 bits per heavy atom. The van der Waals surface area contributed by atoms with Gasteiger partial charge in [0.2, 0.25) is 5.95 Å². The minimum atomic E-state index is -0.203. The van der Waals surface area contributed by atoms with E-state index in [1.807, 2.05) is 0 Å². The van der Waals surface area contributed by atoms with Crippen LogP contribution in [0.1, 0.15) is 0 Å². The Hall–Kier alpha value is -2.35. The molecular weight excluding hydrogens is 272 g/mol. The molecule has 112 valence electrons. The molecule has 2 N–H and O–H groups in total. The molecule has 3 heterocycles. The maximum atomic E-state index is 12.5. The van der Waals surface area contributed by atoms with Crippen LogP contribution in [0, 0.1) is 0 Å². The fourth-order valence-corrected chi connectivity index (χ4v) is 2.43. The molecule has 8 nitrogen and oxygen atoms in total. The molecule has 0 radical (unpaired) electrons. The van der Waals surface area contributed by atoms with Crippen LogP contribution in [0.15, 0.2) is 17.4 Å². The summed E-state index contributed by atoms with van der Waals surface area (Å²) in [6.07, 6.45) is 1.63. The highest BCUT2D eigenvalue weighted by atomic mass is 16.5. The minimum Gasteiger partial charge on any atom is -0.468 e. The van der Waals surface area contributed by atoms with Crippen LogP contribution in [-0.4, -0.2) is 52.8 Å². The van der Waals surface area contributed by atoms with Crippen LogP contribution >= 0.6 is 0 Å². The number of fused-ring (bicyclic) bond motifs is 1. The number of nitrogens with zero attached hydrogens (tertiary/aromatic N) is 4. The van der Waals surface area contributed by atoms with Crippen molar-refractivity contribution in [3.05, 3.63) is 23.0 Å². The number of hydrogen-bond donors (Lipinski definition) is 2. The van der Waals surface area contributed by atoms with Gasteiger partial charge in [0.15, 0.2) is 11.2 Å². The van der Waals surface area contributed by atoms with Crippen molar-refractivity contribution in [2.75, 3.05) is 38.2 Å². The summed E-state index contributed by atoms with van der Waals surface area (Å²) >= 11 is 0. The van der Waals surface area contributed by atoms with Gasteiger partial charge >= 0.3 is 6.01 Å². The number of rotatable bonds is 4. The lowest BCUT2D eigenvalue weighted by Crippen LogP contribution is -2.44. The normalized spacial score (nSPS) is 15.4. The van der Waals surface area contributed by atoms with Crippen LogP contribution in [0.4, 0.5) is 5.95 Å². The van der Waals surface area contributed by atoms with Crippen molar-refractivity contribution in [1.82, 2.24) is 24.8 Å². The molecule has 2 aromatic rings. The molecule has 1 aliphatic rings. The molecule has 3 rings (SSSR count). The number of aromatic amines is 1. The van der Waals surface area contributed by atoms with Gasteiger partial charge in [0.05, 0.1) is 7.11 Å². The Labute approximate surface area is 121 Å². The molecule has 1 fully saturated rings. The van der Waals surface area contributed by atoms with E-state index < -0.39 is 0 Å². The number of imidazole rings is 1. The Morgan fingerprint density at radius 2 is 2.14 bits per heavy atom. The molecule has 0 aromatic carbocycles. The third-order valence-corrected chi connectivity index (χ3v) is 3.47. The van der Waals surface area contributed by atoms with Crippen molar-refractivity contribution < 1.29 is 4.74 Å². The van der Waals surface area contributed by atoms with E-state index in [9.17, 15) is 4.79 Å². The van der Waals surface area contributed by atoms with E-state index in [1.165, 1.54) is 11.7 Å². The number of aromatic nitrogens is 4. The highest BCUT2D eigenvalue weighted by Gasteiger charge is 2.18. The van der Waals surface area contributed by atoms with Crippen molar-refractivity contribution in [3.8, 4) is 6.01 Å². The van der Waals surface area contributed by atoms with E-state index in [2.05, 4.69) is 31.7 Å². The second-order valence-electron chi connectivity index (χ2n) is 4.80. The van der Waals surface area contributed by atoms with Crippen molar-refractivity contribution in [1.29, 1.82) is 0 Å². The Balaban J connectivity index is 2.10. The van der Waals surface area contributed by atoms with Gasteiger partial charge in [-0.3, -0.25) is 9.36 Å². The molecule has 0 amide bonds. The second-order valence-corrected chi connectivity index (χ2v) is 4.80. The third kappa shape index (κ3) is 2.38. The fraction of sp³-hybridized carbons (Fsp3) is 0.462. The van der Waals surface area contributed by atoms with Crippen molar-refractivity contribution in [2.45, 2.75) is 6.54 Å². The number of anilines is 1. The highest BCUT2D eigenvalue weighted by Crippen LogP contribution is 2.16. The predicted octanol–water partition coefficient (Wildman–Crippen LogP) is -0.276. The van der Waals surface area contributed by atoms with E-state index in [-0.39, 0.29) is 11.6 Å². The number of piperazine rings is 1. The Bertz CT molecular complexity index is 713. The molecule has 21 heavy (non-hydrogen) atoms. The van der Waals surface area contributed by atoms with E-state index in [4.69, 9.17) is 4.74 Å². The standard InChI is InChI=1S/C13H18N6O2/c1-3-6-19-11(20)9-10(17-13(19)21-2)16-12(15-9)18-7-4-14-5-8-18/h3,14H,1,4-8H2,2H3,(H,15,16). The van der Waals surface area contributed by atoms with Crippen LogP contribution in [0.2, 0.25) is 0 Å². The summed E-state index contributed by atoms with van der Waals surface area (Å²) in [5, 5.41) is 3.28. The van der Waals surface area contributed by atoms with Crippen molar-refractivity contribution in [2.24, 2.45) is 0 Å². The summed E-state index contributed by atoms with van der Waals surface area (Å²) in [7, 11) is 1.48. The Morgan fingerprint density at radius 3 is 2.81 bits per heavy atom. The maximum Gasteiger partial charge on any atom is 0.301 e. The Kier molecular flexibility index (Phi) is 3.61. The molecule has 2 aromatic heterocycles.